The largest absolute Gasteiger partial charge is 0.320 e. The van der Waals surface area contributed by atoms with Gasteiger partial charge in [0.25, 0.3) is 10.2 Å². The number of hydrogen-bond donors (Lipinski definition) is 1. The molecule has 0 spiro atoms. The van der Waals surface area contributed by atoms with Gasteiger partial charge in [0.1, 0.15) is 0 Å². The van der Waals surface area contributed by atoms with Crippen molar-refractivity contribution in [1.29, 1.82) is 0 Å². The van der Waals surface area contributed by atoms with Crippen LogP contribution in [-0.2, 0) is 10.2 Å². The lowest BCUT2D eigenvalue weighted by Gasteiger charge is -2.24. The zero-order chi connectivity index (χ0) is 12.6. The Morgan fingerprint density at radius 1 is 1.06 bits per heavy atom. The van der Waals surface area contributed by atoms with Gasteiger partial charge < -0.3 is 5.32 Å². The molecule has 0 unspecified atom stereocenters. The van der Waals surface area contributed by atoms with E-state index in [0.717, 1.165) is 25.8 Å². The van der Waals surface area contributed by atoms with E-state index >= 15 is 0 Å². The van der Waals surface area contributed by atoms with Crippen molar-refractivity contribution in [3.8, 4) is 0 Å². The maximum absolute atomic E-state index is 12.0. The molecule has 6 heteroatoms. The van der Waals surface area contributed by atoms with Gasteiger partial charge in [-0.25, -0.2) is 0 Å². The van der Waals surface area contributed by atoms with Crippen molar-refractivity contribution in [1.82, 2.24) is 13.9 Å². The number of hydrogen-bond acceptors (Lipinski definition) is 3. The van der Waals surface area contributed by atoms with E-state index in [1.54, 1.807) is 14.1 Å². The molecule has 98 valence electrons. The van der Waals surface area contributed by atoms with Crippen LogP contribution in [0.25, 0.3) is 0 Å². The van der Waals surface area contributed by atoms with Crippen LogP contribution < -0.4 is 5.32 Å². The van der Waals surface area contributed by atoms with E-state index in [0.29, 0.717) is 13.1 Å². The predicted molar refractivity (Wildman–Crippen MR) is 67.6 cm³/mol. The van der Waals surface area contributed by atoms with Gasteiger partial charge in [-0.1, -0.05) is 13.3 Å². The van der Waals surface area contributed by atoms with Gasteiger partial charge in [-0.2, -0.15) is 17.0 Å². The second-order valence-corrected chi connectivity index (χ2v) is 6.10. The maximum atomic E-state index is 12.0. The molecule has 0 fully saturated rings. The van der Waals surface area contributed by atoms with E-state index in [2.05, 4.69) is 12.2 Å². The highest BCUT2D eigenvalue weighted by Gasteiger charge is 2.22. The van der Waals surface area contributed by atoms with Gasteiger partial charge in [-0.15, -0.1) is 0 Å². The van der Waals surface area contributed by atoms with Crippen LogP contribution in [0.15, 0.2) is 0 Å². The fourth-order valence-corrected chi connectivity index (χ4v) is 2.52. The van der Waals surface area contributed by atoms with Gasteiger partial charge in [0.2, 0.25) is 0 Å². The molecule has 0 bridgehead atoms. The molecule has 0 rings (SSSR count). The number of nitrogens with zero attached hydrogens (tertiary/aromatic N) is 2. The summed E-state index contributed by atoms with van der Waals surface area (Å²) in [7, 11) is 1.88. The van der Waals surface area contributed by atoms with Crippen molar-refractivity contribution in [2.24, 2.45) is 0 Å². The normalized spacial score (nSPS) is 12.6. The van der Waals surface area contributed by atoms with E-state index in [-0.39, 0.29) is 0 Å². The van der Waals surface area contributed by atoms with Crippen LogP contribution in [0.2, 0.25) is 0 Å². The molecule has 0 saturated carbocycles. The third kappa shape index (κ3) is 5.25. The quantitative estimate of drug-likeness (QED) is 0.607. The van der Waals surface area contributed by atoms with Gasteiger partial charge >= 0.3 is 0 Å². The minimum Gasteiger partial charge on any atom is -0.320 e. The Hall–Kier alpha value is -0.170. The van der Waals surface area contributed by atoms with Crippen LogP contribution in [0.4, 0.5) is 0 Å². The van der Waals surface area contributed by atoms with E-state index in [1.165, 1.54) is 8.61 Å². The number of nitrogens with one attached hydrogen (secondary N) is 1. The Kier molecular flexibility index (Phi) is 7.91. The van der Waals surface area contributed by atoms with Crippen molar-refractivity contribution in [2.45, 2.75) is 26.2 Å². The van der Waals surface area contributed by atoms with Crippen molar-refractivity contribution in [3.63, 3.8) is 0 Å². The van der Waals surface area contributed by atoms with Crippen molar-refractivity contribution in [3.05, 3.63) is 0 Å². The lowest BCUT2D eigenvalue weighted by molar-refractivity contribution is 0.384. The van der Waals surface area contributed by atoms with Gasteiger partial charge in [-0.3, -0.25) is 0 Å². The van der Waals surface area contributed by atoms with E-state index in [1.807, 2.05) is 7.05 Å². The molecule has 0 radical (unpaired) electrons. The van der Waals surface area contributed by atoms with Gasteiger partial charge in [0.15, 0.2) is 0 Å². The molecule has 0 aliphatic heterocycles. The molecule has 0 amide bonds. The van der Waals surface area contributed by atoms with E-state index in [4.69, 9.17) is 0 Å². The first-order valence-electron chi connectivity index (χ1n) is 5.79. The molecule has 0 heterocycles. The first-order chi connectivity index (χ1) is 7.46. The zero-order valence-corrected chi connectivity index (χ0v) is 11.7. The molecule has 0 aliphatic rings. The lowest BCUT2D eigenvalue weighted by Crippen LogP contribution is -2.40. The first kappa shape index (κ1) is 15.8. The van der Waals surface area contributed by atoms with Crippen LogP contribution >= 0.6 is 0 Å². The van der Waals surface area contributed by atoms with Crippen LogP contribution in [-0.4, -0.2) is 57.8 Å². The minimum atomic E-state index is -3.25. The molecule has 5 nitrogen and oxygen atoms in total. The predicted octanol–water partition coefficient (Wildman–Crippen LogP) is 0.504. The van der Waals surface area contributed by atoms with Gasteiger partial charge in [-0.05, 0) is 26.4 Å². The first-order valence-corrected chi connectivity index (χ1v) is 7.18. The molecular formula is C10H25N3O2S. The maximum Gasteiger partial charge on any atom is 0.281 e. The number of unbranched alkanes of at least 4 members (excludes halogenated alkanes) is 1. The fraction of sp³-hybridized carbons (Fsp3) is 1.00. The van der Waals surface area contributed by atoms with Crippen LogP contribution in [0.5, 0.6) is 0 Å². The smallest absolute Gasteiger partial charge is 0.281 e. The summed E-state index contributed by atoms with van der Waals surface area (Å²) < 4.78 is 26.8. The molecule has 0 aromatic heterocycles. The van der Waals surface area contributed by atoms with Gasteiger partial charge in [0.05, 0.1) is 0 Å². The van der Waals surface area contributed by atoms with Crippen molar-refractivity contribution < 1.29 is 8.42 Å². The summed E-state index contributed by atoms with van der Waals surface area (Å²) in [6.07, 6.45) is 2.73. The highest BCUT2D eigenvalue weighted by Crippen LogP contribution is 2.05. The lowest BCUT2D eigenvalue weighted by atomic mass is 10.3. The summed E-state index contributed by atoms with van der Waals surface area (Å²) in [6.45, 7) is 4.03. The summed E-state index contributed by atoms with van der Waals surface area (Å²) in [6, 6.07) is 0. The van der Waals surface area contributed by atoms with Crippen LogP contribution in [0.1, 0.15) is 26.2 Å². The average Bonchev–Trinajstić information content (AvgIpc) is 2.25. The molecule has 0 atom stereocenters. The summed E-state index contributed by atoms with van der Waals surface area (Å²) in [5, 5.41) is 3.00. The molecule has 0 aromatic rings. The Balaban J connectivity index is 4.18. The summed E-state index contributed by atoms with van der Waals surface area (Å²) >= 11 is 0. The highest BCUT2D eigenvalue weighted by molar-refractivity contribution is 7.86. The molecule has 0 aliphatic carbocycles. The Morgan fingerprint density at radius 2 is 1.56 bits per heavy atom. The summed E-state index contributed by atoms with van der Waals surface area (Å²) in [5.41, 5.74) is 0. The van der Waals surface area contributed by atoms with E-state index in [9.17, 15) is 8.42 Å². The molecular weight excluding hydrogens is 226 g/mol. The second-order valence-electron chi connectivity index (χ2n) is 3.96. The average molecular weight is 251 g/mol. The van der Waals surface area contributed by atoms with Gasteiger partial charge in [0, 0.05) is 27.2 Å². The SMILES string of the molecule is CCCCN(C)S(=O)(=O)N(C)CCCNC. The topological polar surface area (TPSA) is 52.7 Å². The van der Waals surface area contributed by atoms with Crippen molar-refractivity contribution >= 4 is 10.2 Å². The van der Waals surface area contributed by atoms with Crippen molar-refractivity contribution in [2.75, 3.05) is 40.8 Å². The standard InChI is InChI=1S/C10H25N3O2S/c1-5-6-9-12(3)16(14,15)13(4)10-7-8-11-2/h11H,5-10H2,1-4H3. The highest BCUT2D eigenvalue weighted by atomic mass is 32.2. The Morgan fingerprint density at radius 3 is 2.00 bits per heavy atom. The summed E-state index contributed by atoms with van der Waals surface area (Å²) in [5.74, 6) is 0. The number of rotatable bonds is 9. The monoisotopic (exact) mass is 251 g/mol. The van der Waals surface area contributed by atoms with Crippen LogP contribution in [0, 0.1) is 0 Å². The molecule has 0 saturated heterocycles. The Labute approximate surface area is 100.0 Å². The third-order valence-electron chi connectivity index (χ3n) is 2.51. The fourth-order valence-electron chi connectivity index (χ4n) is 1.33. The molecule has 0 aromatic carbocycles. The summed E-state index contributed by atoms with van der Waals surface area (Å²) in [4.78, 5) is 0. The second kappa shape index (κ2) is 8.00. The van der Waals surface area contributed by atoms with Crippen LogP contribution in [0.3, 0.4) is 0 Å². The Bertz CT molecular complexity index is 267. The molecule has 1 N–H and O–H groups in total. The third-order valence-corrected chi connectivity index (χ3v) is 4.45. The zero-order valence-electron chi connectivity index (χ0n) is 10.9. The minimum absolute atomic E-state index is 0.555. The van der Waals surface area contributed by atoms with E-state index < -0.39 is 10.2 Å². The molecule has 16 heavy (non-hydrogen) atoms.